The van der Waals surface area contributed by atoms with E-state index in [-0.39, 0.29) is 5.91 Å². The maximum Gasteiger partial charge on any atom is 0.267 e. The molecule has 0 spiro atoms. The average molecular weight is 318 g/mol. The highest BCUT2D eigenvalue weighted by Gasteiger charge is 2.17. The van der Waals surface area contributed by atoms with Gasteiger partial charge in [-0.2, -0.15) is 0 Å². The first-order chi connectivity index (χ1) is 10.1. The number of rotatable bonds is 2. The Morgan fingerprint density at radius 1 is 1.38 bits per heavy atom. The molecule has 0 atom stereocenters. The third kappa shape index (κ3) is 2.57. The second kappa shape index (κ2) is 5.35. The largest absolute Gasteiger partial charge is 0.397 e. The molecule has 0 unspecified atom stereocenters. The van der Waals surface area contributed by atoms with Gasteiger partial charge in [0.05, 0.1) is 10.4 Å². The number of aryl methyl sites for hydroxylation is 1. The summed E-state index contributed by atoms with van der Waals surface area (Å²) in [6.07, 6.45) is 3.37. The third-order valence-electron chi connectivity index (χ3n) is 3.19. The summed E-state index contributed by atoms with van der Waals surface area (Å²) < 4.78 is 0.892. The number of nitrogens with zero attached hydrogens (tertiary/aromatic N) is 1. The van der Waals surface area contributed by atoms with Crippen LogP contribution < -0.4 is 11.1 Å². The normalized spacial score (nSPS) is 10.8. The molecule has 0 bridgehead atoms. The first-order valence-corrected chi connectivity index (χ1v) is 7.45. The quantitative estimate of drug-likeness (QED) is 0.748. The Bertz CT molecular complexity index is 844. The highest BCUT2D eigenvalue weighted by molar-refractivity contribution is 7.21. The zero-order valence-electron chi connectivity index (χ0n) is 11.2. The number of amides is 1. The van der Waals surface area contributed by atoms with Crippen LogP contribution in [0, 0.1) is 6.92 Å². The van der Waals surface area contributed by atoms with E-state index in [1.54, 1.807) is 24.5 Å². The second-order valence-corrected chi connectivity index (χ2v) is 6.12. The molecule has 0 radical (unpaired) electrons. The topological polar surface area (TPSA) is 68.0 Å². The lowest BCUT2D eigenvalue weighted by Gasteiger charge is -2.08. The summed E-state index contributed by atoms with van der Waals surface area (Å²) in [6.45, 7) is 1.91. The standard InChI is InChI=1S/C15H12ClN3OS/c1-8-2-3-9(16)6-11(8)19-15(20)14-13(17)10-4-5-18-7-12(10)21-14/h2-7H,17H2,1H3,(H,19,20). The zero-order valence-corrected chi connectivity index (χ0v) is 12.8. The van der Waals surface area contributed by atoms with Crippen LogP contribution in [0.5, 0.6) is 0 Å². The first kappa shape index (κ1) is 13.9. The summed E-state index contributed by atoms with van der Waals surface area (Å²) in [5, 5.41) is 4.28. The Morgan fingerprint density at radius 3 is 2.95 bits per heavy atom. The van der Waals surface area contributed by atoms with Gasteiger partial charge in [-0.15, -0.1) is 11.3 Å². The van der Waals surface area contributed by atoms with Gasteiger partial charge in [0, 0.05) is 28.5 Å². The van der Waals surface area contributed by atoms with Gasteiger partial charge in [-0.3, -0.25) is 9.78 Å². The zero-order chi connectivity index (χ0) is 15.0. The number of fused-ring (bicyclic) bond motifs is 1. The van der Waals surface area contributed by atoms with Gasteiger partial charge in [-0.05, 0) is 30.7 Å². The van der Waals surface area contributed by atoms with E-state index in [4.69, 9.17) is 17.3 Å². The SMILES string of the molecule is Cc1ccc(Cl)cc1NC(=O)c1sc2cnccc2c1N. The van der Waals surface area contributed by atoms with Crippen molar-refractivity contribution >= 4 is 50.3 Å². The summed E-state index contributed by atoms with van der Waals surface area (Å²) in [7, 11) is 0. The highest BCUT2D eigenvalue weighted by atomic mass is 35.5. The summed E-state index contributed by atoms with van der Waals surface area (Å²) in [5.41, 5.74) is 8.16. The van der Waals surface area contributed by atoms with E-state index >= 15 is 0 Å². The molecule has 0 saturated heterocycles. The van der Waals surface area contributed by atoms with Crippen molar-refractivity contribution in [2.75, 3.05) is 11.1 Å². The molecule has 2 aromatic heterocycles. The van der Waals surface area contributed by atoms with E-state index in [9.17, 15) is 4.79 Å². The number of hydrogen-bond donors (Lipinski definition) is 2. The molecule has 0 fully saturated rings. The summed E-state index contributed by atoms with van der Waals surface area (Å²) in [4.78, 5) is 16.9. The van der Waals surface area contributed by atoms with Crippen LogP contribution in [0.4, 0.5) is 11.4 Å². The van der Waals surface area contributed by atoms with Gasteiger partial charge in [0.1, 0.15) is 4.88 Å². The van der Waals surface area contributed by atoms with Crippen molar-refractivity contribution in [3.63, 3.8) is 0 Å². The molecule has 0 aliphatic carbocycles. The van der Waals surface area contributed by atoms with Crippen LogP contribution in [0.3, 0.4) is 0 Å². The number of carbonyl (C=O) groups excluding carboxylic acids is 1. The van der Waals surface area contributed by atoms with Crippen molar-refractivity contribution in [3.05, 3.63) is 52.1 Å². The number of nitrogens with one attached hydrogen (secondary N) is 1. The number of anilines is 2. The van der Waals surface area contributed by atoms with E-state index < -0.39 is 0 Å². The van der Waals surface area contributed by atoms with Gasteiger partial charge in [0.2, 0.25) is 0 Å². The van der Waals surface area contributed by atoms with E-state index in [0.29, 0.717) is 21.3 Å². The number of nitrogens with two attached hydrogens (primary N) is 1. The number of nitrogen functional groups attached to an aromatic ring is 1. The molecule has 3 rings (SSSR count). The van der Waals surface area contributed by atoms with Crippen molar-refractivity contribution < 1.29 is 4.79 Å². The van der Waals surface area contributed by atoms with Crippen LogP contribution >= 0.6 is 22.9 Å². The number of benzene rings is 1. The Hall–Kier alpha value is -2.11. The molecule has 0 aliphatic rings. The highest BCUT2D eigenvalue weighted by Crippen LogP contribution is 2.33. The molecule has 0 saturated carbocycles. The fraction of sp³-hybridized carbons (Fsp3) is 0.0667. The van der Waals surface area contributed by atoms with E-state index in [0.717, 1.165) is 15.6 Å². The number of carbonyl (C=O) groups is 1. The minimum Gasteiger partial charge on any atom is -0.397 e. The van der Waals surface area contributed by atoms with Crippen molar-refractivity contribution in [1.82, 2.24) is 4.98 Å². The van der Waals surface area contributed by atoms with Crippen LogP contribution in [-0.4, -0.2) is 10.9 Å². The maximum atomic E-state index is 12.4. The molecular weight excluding hydrogens is 306 g/mol. The predicted octanol–water partition coefficient (Wildman–Crippen LogP) is 4.09. The van der Waals surface area contributed by atoms with Gasteiger partial charge in [0.15, 0.2) is 0 Å². The summed E-state index contributed by atoms with van der Waals surface area (Å²) in [6, 6.07) is 7.17. The Kier molecular flexibility index (Phi) is 3.53. The van der Waals surface area contributed by atoms with Crippen molar-refractivity contribution in [1.29, 1.82) is 0 Å². The lowest BCUT2D eigenvalue weighted by Crippen LogP contribution is -2.12. The Morgan fingerprint density at radius 2 is 2.19 bits per heavy atom. The minimum absolute atomic E-state index is 0.237. The number of aromatic nitrogens is 1. The molecular formula is C15H12ClN3OS. The van der Waals surface area contributed by atoms with Crippen LogP contribution in [0.2, 0.25) is 5.02 Å². The molecule has 6 heteroatoms. The monoisotopic (exact) mass is 317 g/mol. The molecule has 4 nitrogen and oxygen atoms in total. The van der Waals surface area contributed by atoms with Crippen LogP contribution in [0.15, 0.2) is 36.7 Å². The predicted molar refractivity (Wildman–Crippen MR) is 88.2 cm³/mol. The number of halogens is 1. The van der Waals surface area contributed by atoms with Crippen molar-refractivity contribution in [3.8, 4) is 0 Å². The molecule has 3 aromatic rings. The van der Waals surface area contributed by atoms with Gasteiger partial charge in [-0.25, -0.2) is 0 Å². The van der Waals surface area contributed by atoms with Gasteiger partial charge >= 0.3 is 0 Å². The fourth-order valence-electron chi connectivity index (χ4n) is 2.05. The molecule has 21 heavy (non-hydrogen) atoms. The van der Waals surface area contributed by atoms with Crippen LogP contribution in [0.1, 0.15) is 15.2 Å². The Labute approximate surface area is 130 Å². The van der Waals surface area contributed by atoms with Crippen LogP contribution in [-0.2, 0) is 0 Å². The summed E-state index contributed by atoms with van der Waals surface area (Å²) >= 11 is 7.29. The van der Waals surface area contributed by atoms with Gasteiger partial charge < -0.3 is 11.1 Å². The molecule has 3 N–H and O–H groups in total. The molecule has 0 aliphatic heterocycles. The second-order valence-electron chi connectivity index (χ2n) is 4.63. The molecule has 106 valence electrons. The van der Waals surface area contributed by atoms with E-state index in [2.05, 4.69) is 10.3 Å². The fourth-order valence-corrected chi connectivity index (χ4v) is 3.20. The molecule has 1 aromatic carbocycles. The average Bonchev–Trinajstić information content (AvgIpc) is 2.81. The first-order valence-electron chi connectivity index (χ1n) is 6.26. The van der Waals surface area contributed by atoms with Gasteiger partial charge in [-0.1, -0.05) is 17.7 Å². The third-order valence-corrected chi connectivity index (χ3v) is 4.58. The number of thiophene rings is 1. The molecule has 2 heterocycles. The van der Waals surface area contributed by atoms with Crippen molar-refractivity contribution in [2.45, 2.75) is 6.92 Å². The lowest BCUT2D eigenvalue weighted by atomic mass is 10.2. The number of hydrogen-bond acceptors (Lipinski definition) is 4. The van der Waals surface area contributed by atoms with Gasteiger partial charge in [0.25, 0.3) is 5.91 Å². The van der Waals surface area contributed by atoms with E-state index in [1.165, 1.54) is 11.3 Å². The molecule has 1 amide bonds. The van der Waals surface area contributed by atoms with E-state index in [1.807, 2.05) is 19.1 Å². The maximum absolute atomic E-state index is 12.4. The Balaban J connectivity index is 1.97. The van der Waals surface area contributed by atoms with Crippen molar-refractivity contribution in [2.24, 2.45) is 0 Å². The summed E-state index contributed by atoms with van der Waals surface area (Å²) in [5.74, 6) is -0.237. The minimum atomic E-state index is -0.237. The smallest absolute Gasteiger partial charge is 0.267 e. The lowest BCUT2D eigenvalue weighted by molar-refractivity contribution is 0.103. The van der Waals surface area contributed by atoms with Crippen LogP contribution in [0.25, 0.3) is 10.1 Å². The number of pyridine rings is 1.